The van der Waals surface area contributed by atoms with Crippen molar-refractivity contribution in [1.82, 2.24) is 9.78 Å². The maximum atomic E-state index is 12.4. The number of sulfonamides is 1. The molecule has 8 nitrogen and oxygen atoms in total. The van der Waals surface area contributed by atoms with E-state index in [2.05, 4.69) is 9.84 Å². The highest BCUT2D eigenvalue weighted by molar-refractivity contribution is 7.89. The summed E-state index contributed by atoms with van der Waals surface area (Å²) in [5.41, 5.74) is -0.0471. The molecule has 0 aliphatic carbocycles. The minimum atomic E-state index is -5.17. The van der Waals surface area contributed by atoms with Gasteiger partial charge >= 0.3 is 12.1 Å². The van der Waals surface area contributed by atoms with Crippen molar-refractivity contribution in [1.29, 1.82) is 0 Å². The van der Waals surface area contributed by atoms with Gasteiger partial charge in [0, 0.05) is 13.1 Å². The van der Waals surface area contributed by atoms with Crippen LogP contribution in [0, 0.1) is 0 Å². The van der Waals surface area contributed by atoms with Gasteiger partial charge in [0.2, 0.25) is 0 Å². The van der Waals surface area contributed by atoms with E-state index >= 15 is 0 Å². The zero-order chi connectivity index (χ0) is 17.5. The van der Waals surface area contributed by atoms with Crippen LogP contribution in [0.25, 0.3) is 0 Å². The van der Waals surface area contributed by atoms with E-state index in [1.807, 2.05) is 0 Å². The molecule has 1 rings (SSSR count). The van der Waals surface area contributed by atoms with Gasteiger partial charge in [-0.3, -0.25) is 9.16 Å². The Kier molecular flexibility index (Phi) is 4.61. The zero-order valence-electron chi connectivity index (χ0n) is 12.2. The molecule has 0 aliphatic rings. The lowest BCUT2D eigenvalue weighted by Crippen LogP contribution is -2.44. The predicted octanol–water partition coefficient (Wildman–Crippen LogP) is -0.122. The van der Waals surface area contributed by atoms with Gasteiger partial charge < -0.3 is 4.74 Å². The number of rotatable bonds is 4. The molecule has 0 saturated carbocycles. The number of hydrogen-bond acceptors (Lipinski definition) is 5. The fourth-order valence-electron chi connectivity index (χ4n) is 1.61. The van der Waals surface area contributed by atoms with Crippen molar-refractivity contribution in [3.05, 3.63) is 11.8 Å². The highest BCUT2D eigenvalue weighted by Gasteiger charge is 2.46. The number of nitrogens with zero attached hydrogens (tertiary/aromatic N) is 3. The van der Waals surface area contributed by atoms with E-state index in [1.54, 1.807) is 0 Å². The normalized spacial score (nSPS) is 14.7. The Balaban J connectivity index is 3.31. The zero-order valence-corrected chi connectivity index (χ0v) is 13.1. The van der Waals surface area contributed by atoms with Crippen molar-refractivity contribution in [2.45, 2.75) is 17.4 Å². The van der Waals surface area contributed by atoms with Gasteiger partial charge in [-0.2, -0.15) is 18.3 Å². The maximum absolute atomic E-state index is 12.4. The van der Waals surface area contributed by atoms with Crippen LogP contribution in [0.2, 0.25) is 0 Å². The van der Waals surface area contributed by atoms with E-state index in [9.17, 15) is 26.4 Å². The Labute approximate surface area is 124 Å². The van der Waals surface area contributed by atoms with Crippen molar-refractivity contribution < 1.29 is 35.6 Å². The highest BCUT2D eigenvalue weighted by atomic mass is 32.2. The van der Waals surface area contributed by atoms with Crippen molar-refractivity contribution in [2.24, 2.45) is 12.2 Å². The van der Waals surface area contributed by atoms with Gasteiger partial charge in [-0.05, 0) is 0 Å². The molecule has 1 heterocycles. The number of nitrogens with two attached hydrogens (primary N) is 1. The number of hydrogen-bond donors (Lipinski definition) is 1. The van der Waals surface area contributed by atoms with Crippen LogP contribution in [-0.2, 0) is 26.6 Å². The molecule has 1 atom stereocenters. The Bertz CT molecular complexity index is 675. The molecule has 0 aliphatic heterocycles. The van der Waals surface area contributed by atoms with Gasteiger partial charge in [0.15, 0.2) is 5.03 Å². The standard InChI is InChI=1S/C10H16F3N4O4S/c1-16-6(5-7(15-16)22(14,19)20)8(17(2,3)4)21-9(18)10(11,12)13/h5,8H,1-4H3,(H2,14,19,20)/q+1. The van der Waals surface area contributed by atoms with Crippen LogP contribution < -0.4 is 5.14 Å². The van der Waals surface area contributed by atoms with E-state index in [-0.39, 0.29) is 10.2 Å². The second-order valence-electron chi connectivity index (χ2n) is 5.45. The minimum Gasteiger partial charge on any atom is -0.399 e. The molecule has 126 valence electrons. The van der Waals surface area contributed by atoms with Crippen molar-refractivity contribution in [2.75, 3.05) is 21.1 Å². The average molecular weight is 345 g/mol. The number of halogens is 3. The number of quaternary nitrogens is 1. The Morgan fingerprint density at radius 1 is 1.41 bits per heavy atom. The first kappa shape index (κ1) is 18.4. The topological polar surface area (TPSA) is 104 Å². The summed E-state index contributed by atoms with van der Waals surface area (Å²) in [5, 5.41) is 7.99. The third-order valence-electron chi connectivity index (χ3n) is 2.59. The number of carbonyl (C=O) groups is 1. The SMILES string of the molecule is Cn1nc(S(N)(=O)=O)cc1C(OC(=O)C(F)(F)F)[N+](C)(C)C. The van der Waals surface area contributed by atoms with Crippen LogP contribution >= 0.6 is 0 Å². The number of ether oxygens (including phenoxy) is 1. The number of primary sulfonamides is 1. The molecule has 0 spiro atoms. The molecule has 1 aromatic heterocycles. The number of aromatic nitrogens is 2. The summed E-state index contributed by atoms with van der Waals surface area (Å²) in [6.07, 6.45) is -6.60. The van der Waals surface area contributed by atoms with E-state index in [0.29, 0.717) is 0 Å². The number of esters is 1. The summed E-state index contributed by atoms with van der Waals surface area (Å²) in [6.45, 7) is 0. The number of alkyl halides is 3. The molecule has 0 aromatic carbocycles. The first-order valence-corrected chi connectivity index (χ1v) is 7.34. The van der Waals surface area contributed by atoms with E-state index < -0.39 is 33.4 Å². The highest BCUT2D eigenvalue weighted by Crippen LogP contribution is 2.29. The van der Waals surface area contributed by atoms with Crippen LogP contribution in [0.4, 0.5) is 13.2 Å². The van der Waals surface area contributed by atoms with Gasteiger partial charge in [-0.25, -0.2) is 18.4 Å². The second kappa shape index (κ2) is 5.52. The van der Waals surface area contributed by atoms with Crippen LogP contribution in [0.1, 0.15) is 11.9 Å². The summed E-state index contributed by atoms with van der Waals surface area (Å²) < 4.78 is 64.9. The summed E-state index contributed by atoms with van der Waals surface area (Å²) in [4.78, 5) is 11.1. The lowest BCUT2D eigenvalue weighted by Gasteiger charge is -2.32. The predicted molar refractivity (Wildman–Crippen MR) is 67.5 cm³/mol. The van der Waals surface area contributed by atoms with Crippen LogP contribution in [0.5, 0.6) is 0 Å². The second-order valence-corrected chi connectivity index (χ2v) is 6.96. The van der Waals surface area contributed by atoms with Crippen molar-refractivity contribution >= 4 is 16.0 Å². The van der Waals surface area contributed by atoms with Gasteiger partial charge in [0.1, 0.15) is 5.69 Å². The lowest BCUT2D eigenvalue weighted by molar-refractivity contribution is -0.924. The molecule has 0 amide bonds. The quantitative estimate of drug-likeness (QED) is 0.465. The number of aryl methyl sites for hydroxylation is 1. The average Bonchev–Trinajstić information content (AvgIpc) is 2.64. The Morgan fingerprint density at radius 2 is 1.91 bits per heavy atom. The van der Waals surface area contributed by atoms with Crippen LogP contribution in [-0.4, -0.2) is 56.0 Å². The lowest BCUT2D eigenvalue weighted by atomic mass is 10.3. The van der Waals surface area contributed by atoms with Crippen molar-refractivity contribution in [3.63, 3.8) is 0 Å². The molecule has 0 bridgehead atoms. The maximum Gasteiger partial charge on any atom is 0.491 e. The Hall–Kier alpha value is -1.66. The van der Waals surface area contributed by atoms with Crippen molar-refractivity contribution in [3.8, 4) is 0 Å². The molecule has 0 saturated heterocycles. The van der Waals surface area contributed by atoms with Crippen LogP contribution in [0.15, 0.2) is 11.1 Å². The molecule has 0 radical (unpaired) electrons. The smallest absolute Gasteiger partial charge is 0.399 e. The summed E-state index contributed by atoms with van der Waals surface area (Å²) in [7, 11) is 1.57. The van der Waals surface area contributed by atoms with Gasteiger partial charge in [-0.15, -0.1) is 0 Å². The molecule has 0 fully saturated rings. The fraction of sp³-hybridized carbons (Fsp3) is 0.600. The molecule has 1 aromatic rings. The summed E-state index contributed by atoms with van der Waals surface area (Å²) >= 11 is 0. The number of carbonyl (C=O) groups excluding carboxylic acids is 1. The third-order valence-corrected chi connectivity index (χ3v) is 3.37. The van der Waals surface area contributed by atoms with E-state index in [1.165, 1.54) is 28.2 Å². The van der Waals surface area contributed by atoms with Gasteiger partial charge in [0.25, 0.3) is 16.3 Å². The largest absolute Gasteiger partial charge is 0.491 e. The summed E-state index contributed by atoms with van der Waals surface area (Å²) in [5.74, 6) is -2.39. The monoisotopic (exact) mass is 345 g/mol. The van der Waals surface area contributed by atoms with E-state index in [0.717, 1.165) is 10.7 Å². The first-order chi connectivity index (χ1) is 9.64. The molecule has 2 N–H and O–H groups in total. The summed E-state index contributed by atoms with van der Waals surface area (Å²) in [6, 6.07) is 0.965. The third kappa shape index (κ3) is 4.18. The van der Waals surface area contributed by atoms with Gasteiger partial charge in [-0.1, -0.05) is 0 Å². The molecule has 1 unspecified atom stereocenters. The fourth-order valence-corrected chi connectivity index (χ4v) is 2.13. The minimum absolute atomic E-state index is 0.0471. The molecule has 22 heavy (non-hydrogen) atoms. The van der Waals surface area contributed by atoms with E-state index in [4.69, 9.17) is 5.14 Å². The molecular formula is C10H16F3N4O4S+. The molecular weight excluding hydrogens is 329 g/mol. The first-order valence-electron chi connectivity index (χ1n) is 5.79. The molecule has 12 heteroatoms. The van der Waals surface area contributed by atoms with Crippen LogP contribution in [0.3, 0.4) is 0 Å². The van der Waals surface area contributed by atoms with Gasteiger partial charge in [0.05, 0.1) is 21.1 Å². The Morgan fingerprint density at radius 3 is 2.23 bits per heavy atom.